The minimum Gasteiger partial charge on any atom is -0.434 e. The Hall–Kier alpha value is -1.64. The maximum absolute atomic E-state index is 12.7. The Balaban J connectivity index is 1.68. The maximum atomic E-state index is 12.7. The Kier molecular flexibility index (Phi) is 7.70. The molecule has 2 fully saturated rings. The first-order valence-electron chi connectivity index (χ1n) is 9.65. The van der Waals surface area contributed by atoms with Gasteiger partial charge in [-0.05, 0) is 31.5 Å². The monoisotopic (exact) mass is 416 g/mol. The number of nitrogens with zero attached hydrogens (tertiary/aromatic N) is 3. The van der Waals surface area contributed by atoms with Crippen LogP contribution in [0.3, 0.4) is 0 Å². The molecule has 1 atom stereocenters. The highest BCUT2D eigenvalue weighted by atomic mass is 35.5. The van der Waals surface area contributed by atoms with E-state index >= 15 is 0 Å². The smallest absolute Gasteiger partial charge is 0.387 e. The summed E-state index contributed by atoms with van der Waals surface area (Å²) >= 11 is 6.03. The third kappa shape index (κ3) is 5.68. The van der Waals surface area contributed by atoms with E-state index < -0.39 is 6.61 Å². The normalized spacial score (nSPS) is 21.4. The van der Waals surface area contributed by atoms with Crippen LogP contribution in [-0.2, 0) is 11.3 Å². The number of benzene rings is 1. The van der Waals surface area contributed by atoms with Crippen LogP contribution in [0.5, 0.6) is 5.75 Å². The lowest BCUT2D eigenvalue weighted by Gasteiger charge is -2.32. The predicted molar refractivity (Wildman–Crippen MR) is 105 cm³/mol. The minimum atomic E-state index is -2.88. The first-order valence-corrected chi connectivity index (χ1v) is 10.0. The molecule has 1 aromatic carbocycles. The lowest BCUT2D eigenvalue weighted by atomic mass is 10.2. The van der Waals surface area contributed by atoms with Gasteiger partial charge in [-0.25, -0.2) is 4.99 Å². The Labute approximate surface area is 169 Å². The molecule has 0 amide bonds. The van der Waals surface area contributed by atoms with Crippen molar-refractivity contribution in [2.75, 3.05) is 45.9 Å². The highest BCUT2D eigenvalue weighted by Gasteiger charge is 2.30. The number of aliphatic imine (C=N–C) groups is 1. The van der Waals surface area contributed by atoms with Crippen molar-refractivity contribution in [1.82, 2.24) is 15.1 Å². The molecule has 28 heavy (non-hydrogen) atoms. The van der Waals surface area contributed by atoms with Gasteiger partial charge in [-0.15, -0.1) is 0 Å². The van der Waals surface area contributed by atoms with Crippen molar-refractivity contribution in [1.29, 1.82) is 0 Å². The summed E-state index contributed by atoms with van der Waals surface area (Å²) < 4.78 is 35.4. The molecule has 1 unspecified atom stereocenters. The van der Waals surface area contributed by atoms with Gasteiger partial charge in [0, 0.05) is 49.4 Å². The van der Waals surface area contributed by atoms with Crippen molar-refractivity contribution >= 4 is 17.6 Å². The SMILES string of the molecule is CCNC(=NCc1cc(Cl)ccc1OC(F)F)N1CCC(N2CCOCC2)C1. The van der Waals surface area contributed by atoms with Crippen LogP contribution in [-0.4, -0.2) is 74.4 Å². The number of halogens is 3. The zero-order valence-electron chi connectivity index (χ0n) is 16.0. The number of nitrogens with one attached hydrogen (secondary N) is 1. The van der Waals surface area contributed by atoms with Gasteiger partial charge in [-0.3, -0.25) is 4.90 Å². The summed E-state index contributed by atoms with van der Waals surface area (Å²) in [5, 5.41) is 3.77. The van der Waals surface area contributed by atoms with Crippen molar-refractivity contribution in [3.05, 3.63) is 28.8 Å². The van der Waals surface area contributed by atoms with Gasteiger partial charge in [0.1, 0.15) is 5.75 Å². The lowest BCUT2D eigenvalue weighted by Crippen LogP contribution is -2.46. The van der Waals surface area contributed by atoms with E-state index in [4.69, 9.17) is 16.3 Å². The number of likely N-dealkylation sites (tertiary alicyclic amines) is 1. The summed E-state index contributed by atoms with van der Waals surface area (Å²) in [4.78, 5) is 9.35. The molecule has 2 aliphatic rings. The molecular formula is C19H27ClF2N4O2. The fourth-order valence-electron chi connectivity index (χ4n) is 3.64. The van der Waals surface area contributed by atoms with Crippen LogP contribution in [0.2, 0.25) is 5.02 Å². The third-order valence-electron chi connectivity index (χ3n) is 5.00. The average molecular weight is 417 g/mol. The number of hydrogen-bond acceptors (Lipinski definition) is 4. The molecule has 3 rings (SSSR count). The van der Waals surface area contributed by atoms with Crippen LogP contribution in [0.1, 0.15) is 18.9 Å². The molecule has 156 valence electrons. The van der Waals surface area contributed by atoms with Gasteiger partial charge < -0.3 is 19.7 Å². The molecule has 0 aliphatic carbocycles. The van der Waals surface area contributed by atoms with Crippen molar-refractivity contribution in [2.24, 2.45) is 4.99 Å². The molecule has 1 N–H and O–H groups in total. The van der Waals surface area contributed by atoms with E-state index in [9.17, 15) is 8.78 Å². The topological polar surface area (TPSA) is 49.3 Å². The van der Waals surface area contributed by atoms with Crippen LogP contribution in [0.4, 0.5) is 8.78 Å². The second-order valence-corrected chi connectivity index (χ2v) is 7.27. The van der Waals surface area contributed by atoms with Crippen LogP contribution in [0.15, 0.2) is 23.2 Å². The van der Waals surface area contributed by atoms with Crippen LogP contribution in [0, 0.1) is 0 Å². The van der Waals surface area contributed by atoms with Gasteiger partial charge in [-0.1, -0.05) is 11.6 Å². The minimum absolute atomic E-state index is 0.103. The Morgan fingerprint density at radius 1 is 1.36 bits per heavy atom. The van der Waals surface area contributed by atoms with Gasteiger partial charge in [0.05, 0.1) is 19.8 Å². The van der Waals surface area contributed by atoms with E-state index in [1.165, 1.54) is 12.1 Å². The number of morpholine rings is 1. The summed E-state index contributed by atoms with van der Waals surface area (Å²) in [6.07, 6.45) is 1.07. The number of ether oxygens (including phenoxy) is 2. The Bertz CT molecular complexity index is 671. The van der Waals surface area contributed by atoms with Crippen molar-refractivity contribution in [3.63, 3.8) is 0 Å². The number of guanidine groups is 1. The molecule has 0 spiro atoms. The largest absolute Gasteiger partial charge is 0.434 e. The van der Waals surface area contributed by atoms with Crippen molar-refractivity contribution < 1.29 is 18.3 Å². The van der Waals surface area contributed by atoms with Gasteiger partial charge in [0.2, 0.25) is 0 Å². The fourth-order valence-corrected chi connectivity index (χ4v) is 3.84. The molecule has 0 aromatic heterocycles. The summed E-state index contributed by atoms with van der Waals surface area (Å²) in [6, 6.07) is 5.09. The van der Waals surface area contributed by atoms with Gasteiger partial charge in [-0.2, -0.15) is 8.78 Å². The summed E-state index contributed by atoms with van der Waals surface area (Å²) in [5.41, 5.74) is 0.534. The Morgan fingerprint density at radius 3 is 2.86 bits per heavy atom. The molecular weight excluding hydrogens is 390 g/mol. The molecule has 9 heteroatoms. The van der Waals surface area contributed by atoms with E-state index in [2.05, 4.69) is 24.8 Å². The highest BCUT2D eigenvalue weighted by Crippen LogP contribution is 2.25. The standard InChI is InChI=1S/C19H27ClF2N4O2/c1-2-23-19(26-6-5-16(13-26)25-7-9-27-10-8-25)24-12-14-11-15(20)3-4-17(14)28-18(21)22/h3-4,11,16,18H,2,5-10,12-13H2,1H3,(H,23,24). The maximum Gasteiger partial charge on any atom is 0.387 e. The molecule has 2 aliphatic heterocycles. The number of alkyl halides is 2. The van der Waals surface area contributed by atoms with Crippen molar-refractivity contribution in [3.8, 4) is 5.75 Å². The molecule has 0 bridgehead atoms. The highest BCUT2D eigenvalue weighted by molar-refractivity contribution is 6.30. The summed E-state index contributed by atoms with van der Waals surface area (Å²) in [5.74, 6) is 0.882. The number of hydrogen-bond donors (Lipinski definition) is 1. The Morgan fingerprint density at radius 2 is 2.14 bits per heavy atom. The zero-order valence-corrected chi connectivity index (χ0v) is 16.8. The van der Waals surface area contributed by atoms with E-state index in [0.29, 0.717) is 16.6 Å². The van der Waals surface area contributed by atoms with Crippen LogP contribution < -0.4 is 10.1 Å². The first kappa shape index (κ1) is 21.1. The average Bonchev–Trinajstić information content (AvgIpc) is 3.17. The van der Waals surface area contributed by atoms with Crippen LogP contribution in [0.25, 0.3) is 0 Å². The summed E-state index contributed by atoms with van der Waals surface area (Å²) in [6.45, 7) is 5.36. The second-order valence-electron chi connectivity index (χ2n) is 6.84. The fraction of sp³-hybridized carbons (Fsp3) is 0.632. The van der Waals surface area contributed by atoms with E-state index in [-0.39, 0.29) is 12.3 Å². The second kappa shape index (κ2) is 10.2. The molecule has 1 aromatic rings. The molecule has 6 nitrogen and oxygen atoms in total. The summed E-state index contributed by atoms with van der Waals surface area (Å²) in [7, 11) is 0. The third-order valence-corrected chi connectivity index (χ3v) is 5.23. The molecule has 2 heterocycles. The predicted octanol–water partition coefficient (Wildman–Crippen LogP) is 2.81. The van der Waals surface area contributed by atoms with Gasteiger partial charge in [0.15, 0.2) is 5.96 Å². The van der Waals surface area contributed by atoms with E-state index in [1.807, 2.05) is 6.92 Å². The first-order chi connectivity index (χ1) is 13.6. The van der Waals surface area contributed by atoms with E-state index in [0.717, 1.165) is 58.3 Å². The van der Waals surface area contributed by atoms with E-state index in [1.54, 1.807) is 6.07 Å². The number of rotatable bonds is 6. The van der Waals surface area contributed by atoms with Crippen molar-refractivity contribution in [2.45, 2.75) is 32.5 Å². The zero-order chi connectivity index (χ0) is 19.9. The van der Waals surface area contributed by atoms with Gasteiger partial charge >= 0.3 is 6.61 Å². The van der Waals surface area contributed by atoms with Crippen LogP contribution >= 0.6 is 11.6 Å². The molecule has 2 saturated heterocycles. The molecule has 0 saturated carbocycles. The lowest BCUT2D eigenvalue weighted by molar-refractivity contribution is -0.0504. The molecule has 0 radical (unpaired) electrons. The quantitative estimate of drug-likeness (QED) is 0.571. The van der Waals surface area contributed by atoms with Gasteiger partial charge in [0.25, 0.3) is 0 Å².